The van der Waals surface area contributed by atoms with E-state index in [2.05, 4.69) is 4.98 Å². The molecule has 0 bridgehead atoms. The molecule has 3 nitrogen and oxygen atoms in total. The molecule has 0 aromatic carbocycles. The molecule has 0 unspecified atom stereocenters. The lowest BCUT2D eigenvalue weighted by Crippen LogP contribution is -2.70. The quantitative estimate of drug-likeness (QED) is 0.615. The first-order chi connectivity index (χ1) is 11.8. The van der Waals surface area contributed by atoms with Crippen LogP contribution < -0.4 is 5.32 Å². The molecule has 0 atom stereocenters. The zero-order valence-corrected chi connectivity index (χ0v) is 13.3. The van der Waals surface area contributed by atoms with Crippen LogP contribution in [0.4, 0.5) is 57.8 Å². The van der Waals surface area contributed by atoms with E-state index in [0.717, 1.165) is 10.7 Å². The van der Waals surface area contributed by atoms with Crippen molar-refractivity contribution in [2.75, 3.05) is 5.32 Å². The highest BCUT2D eigenvalue weighted by Crippen LogP contribution is 2.58. The lowest BCUT2D eigenvalue weighted by molar-refractivity contribution is -0.406. The van der Waals surface area contributed by atoms with Gasteiger partial charge < -0.3 is 0 Å². The second kappa shape index (κ2) is 6.70. The molecule has 1 amide bonds. The smallest absolute Gasteiger partial charge is 0.296 e. The van der Waals surface area contributed by atoms with Crippen molar-refractivity contribution in [3.05, 3.63) is 11.1 Å². The van der Waals surface area contributed by atoms with Gasteiger partial charge in [0, 0.05) is 5.38 Å². The highest BCUT2D eigenvalue weighted by Gasteiger charge is 2.89. The third-order valence-electron chi connectivity index (χ3n) is 3.00. The van der Waals surface area contributed by atoms with E-state index in [1.807, 2.05) is 0 Å². The molecule has 0 aliphatic heterocycles. The predicted octanol–water partition coefficient (Wildman–Crippen LogP) is 4.83. The van der Waals surface area contributed by atoms with Crippen LogP contribution >= 0.6 is 11.3 Å². The van der Waals surface area contributed by atoms with Crippen molar-refractivity contribution in [3.8, 4) is 0 Å². The van der Waals surface area contributed by atoms with E-state index in [0.29, 0.717) is 11.3 Å². The van der Waals surface area contributed by atoms with E-state index in [1.54, 1.807) is 0 Å². The number of hydrogen-bond donors (Lipinski definition) is 1. The SMILES string of the molecule is Cc1csc(NC(=O)C(F)(F)C(F)(F)C(F)(F)C(F)(F)C(F)(F)C(F)F)n1. The zero-order chi connectivity index (χ0) is 21.6. The summed E-state index contributed by atoms with van der Waals surface area (Å²) in [4.78, 5) is 14.4. The Morgan fingerprint density at radius 1 is 0.963 bits per heavy atom. The predicted molar refractivity (Wildman–Crippen MR) is 66.2 cm³/mol. The molecule has 1 rings (SSSR count). The van der Waals surface area contributed by atoms with Crippen molar-refractivity contribution in [2.24, 2.45) is 0 Å². The number of aromatic nitrogens is 1. The number of nitrogens with zero attached hydrogens (tertiary/aromatic N) is 1. The van der Waals surface area contributed by atoms with Crippen molar-refractivity contribution in [1.82, 2.24) is 4.98 Å². The molecular weight excluding hydrogens is 436 g/mol. The summed E-state index contributed by atoms with van der Waals surface area (Å²) in [5, 5.41) is 1.17. The maximum absolute atomic E-state index is 13.5. The van der Waals surface area contributed by atoms with Gasteiger partial charge in [0.25, 0.3) is 0 Å². The van der Waals surface area contributed by atoms with Crippen molar-refractivity contribution in [1.29, 1.82) is 0 Å². The number of aryl methyl sites for hydroxylation is 1. The Bertz CT molecular complexity index is 701. The molecule has 27 heavy (non-hydrogen) atoms. The third kappa shape index (κ3) is 3.42. The minimum absolute atomic E-state index is 0.0545. The van der Waals surface area contributed by atoms with Gasteiger partial charge in [0.15, 0.2) is 5.13 Å². The van der Waals surface area contributed by atoms with Crippen LogP contribution in [0.2, 0.25) is 0 Å². The van der Waals surface area contributed by atoms with Crippen LogP contribution in [0, 0.1) is 6.92 Å². The third-order valence-corrected chi connectivity index (χ3v) is 3.88. The van der Waals surface area contributed by atoms with E-state index < -0.39 is 47.1 Å². The lowest BCUT2D eigenvalue weighted by Gasteiger charge is -2.38. The number of carbonyl (C=O) groups is 1. The first kappa shape index (κ1) is 23.3. The monoisotopic (exact) mass is 442 g/mol. The normalized spacial score (nSPS) is 14.6. The van der Waals surface area contributed by atoms with Crippen LogP contribution in [0.5, 0.6) is 0 Å². The molecule has 1 aromatic heterocycles. The number of amides is 1. The standard InChI is InChI=1S/C11H6F12N2OS/c1-3-2-27-6(24-3)25-5(26)8(16,17)10(20,21)11(22,23)9(18,19)7(14,15)4(12)13/h2,4H,1H3,(H,24,25,26). The fraction of sp³-hybridized carbons (Fsp3) is 0.636. The minimum atomic E-state index is -7.75. The molecule has 0 fully saturated rings. The summed E-state index contributed by atoms with van der Waals surface area (Å²) in [6.07, 6.45) is -5.60. The van der Waals surface area contributed by atoms with Crippen LogP contribution in [0.15, 0.2) is 5.38 Å². The van der Waals surface area contributed by atoms with Gasteiger partial charge in [-0.05, 0) is 6.92 Å². The Morgan fingerprint density at radius 2 is 1.44 bits per heavy atom. The zero-order valence-electron chi connectivity index (χ0n) is 12.5. The number of halogens is 12. The molecule has 0 aliphatic rings. The number of rotatable bonds is 7. The molecule has 16 heteroatoms. The van der Waals surface area contributed by atoms with Crippen LogP contribution in [-0.2, 0) is 4.79 Å². The molecule has 0 radical (unpaired) electrons. The topological polar surface area (TPSA) is 42.0 Å². The fourth-order valence-corrected chi connectivity index (χ4v) is 2.15. The maximum Gasteiger partial charge on any atom is 0.393 e. The minimum Gasteiger partial charge on any atom is -0.296 e. The van der Waals surface area contributed by atoms with E-state index in [1.165, 1.54) is 6.92 Å². The van der Waals surface area contributed by atoms with Gasteiger partial charge in [-0.1, -0.05) is 0 Å². The lowest BCUT2D eigenvalue weighted by atomic mass is 9.94. The molecule has 0 spiro atoms. The van der Waals surface area contributed by atoms with E-state index in [4.69, 9.17) is 0 Å². The summed E-state index contributed by atoms with van der Waals surface area (Å²) in [6, 6.07) is 0. The van der Waals surface area contributed by atoms with Gasteiger partial charge in [-0.2, -0.15) is 43.9 Å². The second-order valence-corrected chi connectivity index (χ2v) is 5.83. The summed E-state index contributed by atoms with van der Waals surface area (Å²) < 4.78 is 155. The number of carbonyl (C=O) groups excluding carboxylic acids is 1. The van der Waals surface area contributed by atoms with Gasteiger partial charge in [0.1, 0.15) is 0 Å². The van der Waals surface area contributed by atoms with Crippen LogP contribution in [0.1, 0.15) is 5.69 Å². The Balaban J connectivity index is 3.32. The van der Waals surface area contributed by atoms with Gasteiger partial charge >= 0.3 is 41.9 Å². The van der Waals surface area contributed by atoms with Crippen LogP contribution in [-0.4, -0.2) is 46.9 Å². The van der Waals surface area contributed by atoms with E-state index in [9.17, 15) is 57.5 Å². The van der Waals surface area contributed by atoms with Crippen molar-refractivity contribution in [3.63, 3.8) is 0 Å². The number of alkyl halides is 12. The number of anilines is 1. The molecule has 1 N–H and O–H groups in total. The number of nitrogens with one attached hydrogen (secondary N) is 1. The molecule has 1 heterocycles. The largest absolute Gasteiger partial charge is 0.393 e. The molecule has 1 aromatic rings. The average Bonchev–Trinajstić information content (AvgIpc) is 2.91. The average molecular weight is 442 g/mol. The second-order valence-electron chi connectivity index (χ2n) is 4.97. The molecule has 0 aliphatic carbocycles. The Kier molecular flexibility index (Phi) is 5.78. The van der Waals surface area contributed by atoms with E-state index >= 15 is 0 Å². The summed E-state index contributed by atoms with van der Waals surface area (Å²) in [7, 11) is 0. The molecule has 0 saturated carbocycles. The Hall–Kier alpha value is -1.74. The first-order valence-electron chi connectivity index (χ1n) is 6.24. The van der Waals surface area contributed by atoms with Gasteiger partial charge in [-0.25, -0.2) is 13.8 Å². The Labute approximate surface area is 145 Å². The summed E-state index contributed by atoms with van der Waals surface area (Å²) in [5.74, 6) is -40.0. The summed E-state index contributed by atoms with van der Waals surface area (Å²) in [5.41, 5.74) is 0.0545. The maximum atomic E-state index is 13.5. The van der Waals surface area contributed by atoms with Gasteiger partial charge in [0.05, 0.1) is 5.69 Å². The molecule has 156 valence electrons. The van der Waals surface area contributed by atoms with Gasteiger partial charge in [0.2, 0.25) is 0 Å². The van der Waals surface area contributed by atoms with Gasteiger partial charge in [-0.3, -0.25) is 10.1 Å². The van der Waals surface area contributed by atoms with Crippen LogP contribution in [0.25, 0.3) is 0 Å². The summed E-state index contributed by atoms with van der Waals surface area (Å²) >= 11 is 0.350. The number of hydrogen-bond acceptors (Lipinski definition) is 3. The highest BCUT2D eigenvalue weighted by molar-refractivity contribution is 7.13. The van der Waals surface area contributed by atoms with Gasteiger partial charge in [-0.15, -0.1) is 11.3 Å². The van der Waals surface area contributed by atoms with Crippen molar-refractivity contribution >= 4 is 22.4 Å². The molecule has 0 saturated heterocycles. The van der Waals surface area contributed by atoms with Crippen LogP contribution in [0.3, 0.4) is 0 Å². The Morgan fingerprint density at radius 3 is 1.81 bits per heavy atom. The van der Waals surface area contributed by atoms with E-state index in [-0.39, 0.29) is 5.69 Å². The number of thiazole rings is 1. The van der Waals surface area contributed by atoms with Crippen molar-refractivity contribution < 1.29 is 57.5 Å². The molecular formula is C11H6F12N2OS. The highest BCUT2D eigenvalue weighted by atomic mass is 32.1. The first-order valence-corrected chi connectivity index (χ1v) is 7.12. The van der Waals surface area contributed by atoms with Crippen molar-refractivity contribution in [2.45, 2.75) is 43.0 Å². The fourth-order valence-electron chi connectivity index (χ4n) is 1.47. The summed E-state index contributed by atoms with van der Waals surface area (Å²) in [6.45, 7) is 1.24.